The summed E-state index contributed by atoms with van der Waals surface area (Å²) in [7, 11) is 3.62. The Morgan fingerprint density at radius 2 is 2.00 bits per heavy atom. The Bertz CT molecular complexity index is 838. The lowest BCUT2D eigenvalue weighted by molar-refractivity contribution is 0.672. The van der Waals surface area contributed by atoms with Crippen molar-refractivity contribution in [2.75, 3.05) is 13.6 Å². The monoisotopic (exact) mass is 451 g/mol. The molecule has 7 nitrogen and oxygen atoms in total. The minimum Gasteiger partial charge on any atom is -0.356 e. The van der Waals surface area contributed by atoms with E-state index in [1.807, 2.05) is 19.3 Å². The molecule has 0 spiro atoms. The molecular weight excluding hydrogens is 429 g/mol. The number of guanidine groups is 1. The van der Waals surface area contributed by atoms with Crippen LogP contribution in [0, 0.1) is 0 Å². The number of hydrogen-bond acceptors (Lipinski definition) is 4. The quantitative estimate of drug-likeness (QED) is 0.352. The molecule has 2 aromatic heterocycles. The molecule has 0 fully saturated rings. The van der Waals surface area contributed by atoms with Gasteiger partial charge in [0.25, 0.3) is 0 Å². The largest absolute Gasteiger partial charge is 0.356 e. The van der Waals surface area contributed by atoms with Crippen LogP contribution in [0.3, 0.4) is 0 Å². The van der Waals surface area contributed by atoms with Crippen molar-refractivity contribution in [3.8, 4) is 0 Å². The van der Waals surface area contributed by atoms with Crippen molar-refractivity contribution < 1.29 is 0 Å². The van der Waals surface area contributed by atoms with Crippen molar-refractivity contribution in [2.24, 2.45) is 12.0 Å². The van der Waals surface area contributed by atoms with E-state index in [2.05, 4.69) is 55.0 Å². The van der Waals surface area contributed by atoms with Crippen LogP contribution in [0.5, 0.6) is 0 Å². The molecule has 0 saturated heterocycles. The van der Waals surface area contributed by atoms with Gasteiger partial charge in [-0.3, -0.25) is 14.7 Å². The molecule has 0 atom stereocenters. The summed E-state index contributed by atoms with van der Waals surface area (Å²) in [5.41, 5.74) is 2.29. The van der Waals surface area contributed by atoms with Crippen LogP contribution in [0.15, 0.2) is 47.8 Å². The molecule has 0 bridgehead atoms. The number of fused-ring (bicyclic) bond motifs is 1. The van der Waals surface area contributed by atoms with Crippen molar-refractivity contribution >= 4 is 40.8 Å². The first-order valence-corrected chi connectivity index (χ1v) is 7.88. The van der Waals surface area contributed by atoms with Crippen molar-refractivity contribution in [1.82, 2.24) is 30.4 Å². The van der Waals surface area contributed by atoms with Gasteiger partial charge in [0.05, 0.1) is 12.1 Å². The summed E-state index contributed by atoms with van der Waals surface area (Å²) < 4.78 is 1.74. The summed E-state index contributed by atoms with van der Waals surface area (Å²) in [5.74, 6) is 1.60. The highest BCUT2D eigenvalue weighted by molar-refractivity contribution is 14.0. The van der Waals surface area contributed by atoms with Crippen molar-refractivity contribution in [3.05, 3.63) is 54.2 Å². The number of para-hydroxylation sites is 1. The van der Waals surface area contributed by atoms with E-state index in [1.165, 1.54) is 10.9 Å². The Morgan fingerprint density at radius 1 is 1.16 bits per heavy atom. The third-order valence-electron chi connectivity index (χ3n) is 3.85. The molecule has 1 aromatic carbocycles. The van der Waals surface area contributed by atoms with Crippen LogP contribution in [0.1, 0.15) is 11.4 Å². The summed E-state index contributed by atoms with van der Waals surface area (Å²) >= 11 is 0. The predicted octanol–water partition coefficient (Wildman–Crippen LogP) is 1.89. The number of benzene rings is 1. The lowest BCUT2D eigenvalue weighted by Crippen LogP contribution is -2.38. The number of halogens is 1. The van der Waals surface area contributed by atoms with E-state index in [-0.39, 0.29) is 24.0 Å². The number of aliphatic imine (C=N–C) groups is 1. The molecule has 25 heavy (non-hydrogen) atoms. The Hall–Kier alpha value is -2.23. The molecule has 0 aliphatic heterocycles. The molecule has 3 rings (SSSR count). The van der Waals surface area contributed by atoms with E-state index in [1.54, 1.807) is 18.1 Å². The van der Waals surface area contributed by atoms with E-state index >= 15 is 0 Å². The van der Waals surface area contributed by atoms with Gasteiger partial charge in [-0.05, 0) is 18.1 Å². The zero-order valence-electron chi connectivity index (χ0n) is 14.3. The van der Waals surface area contributed by atoms with Crippen molar-refractivity contribution in [2.45, 2.75) is 13.0 Å². The summed E-state index contributed by atoms with van der Waals surface area (Å²) in [6.07, 6.45) is 4.25. The molecular formula is C17H22IN7. The number of nitrogens with zero attached hydrogens (tertiary/aromatic N) is 5. The number of rotatable bonds is 5. The van der Waals surface area contributed by atoms with Crippen LogP contribution in [-0.4, -0.2) is 39.3 Å². The van der Waals surface area contributed by atoms with Crippen molar-refractivity contribution in [1.29, 1.82) is 0 Å². The Balaban J connectivity index is 0.00000225. The van der Waals surface area contributed by atoms with Gasteiger partial charge in [0, 0.05) is 32.2 Å². The Labute approximate surface area is 164 Å². The molecule has 0 amide bonds. The number of nitrogens with one attached hydrogen (secondary N) is 2. The van der Waals surface area contributed by atoms with Gasteiger partial charge in [-0.1, -0.05) is 24.3 Å². The highest BCUT2D eigenvalue weighted by atomic mass is 127. The van der Waals surface area contributed by atoms with Gasteiger partial charge in [0.15, 0.2) is 5.96 Å². The maximum atomic E-state index is 4.49. The van der Waals surface area contributed by atoms with Crippen LogP contribution in [-0.2, 0) is 20.0 Å². The lowest BCUT2D eigenvalue weighted by Gasteiger charge is -2.12. The first kappa shape index (κ1) is 19.1. The van der Waals surface area contributed by atoms with Gasteiger partial charge in [0.2, 0.25) is 0 Å². The van der Waals surface area contributed by atoms with Crippen LogP contribution in [0.4, 0.5) is 0 Å². The fourth-order valence-corrected chi connectivity index (χ4v) is 2.55. The van der Waals surface area contributed by atoms with Crippen LogP contribution in [0.25, 0.3) is 10.9 Å². The van der Waals surface area contributed by atoms with Gasteiger partial charge >= 0.3 is 0 Å². The lowest BCUT2D eigenvalue weighted by atomic mass is 10.1. The summed E-state index contributed by atoms with van der Waals surface area (Å²) in [6.45, 7) is 1.35. The summed E-state index contributed by atoms with van der Waals surface area (Å²) in [5, 5.41) is 11.8. The minimum absolute atomic E-state index is 0. The molecule has 132 valence electrons. The van der Waals surface area contributed by atoms with Gasteiger partial charge in [-0.25, -0.2) is 4.98 Å². The average Bonchev–Trinajstić information content (AvgIpc) is 3.03. The topological polar surface area (TPSA) is 80.0 Å². The van der Waals surface area contributed by atoms with E-state index < -0.39 is 0 Å². The number of aromatic nitrogens is 4. The van der Waals surface area contributed by atoms with E-state index in [0.717, 1.165) is 30.3 Å². The normalized spacial score (nSPS) is 11.2. The summed E-state index contributed by atoms with van der Waals surface area (Å²) in [4.78, 5) is 12.9. The third kappa shape index (κ3) is 4.88. The Morgan fingerprint density at radius 3 is 2.76 bits per heavy atom. The minimum atomic E-state index is 0. The first-order valence-electron chi connectivity index (χ1n) is 7.88. The van der Waals surface area contributed by atoms with Crippen LogP contribution >= 0.6 is 24.0 Å². The molecule has 8 heteroatoms. The van der Waals surface area contributed by atoms with Crippen LogP contribution in [0.2, 0.25) is 0 Å². The highest BCUT2D eigenvalue weighted by Crippen LogP contribution is 2.15. The molecule has 3 aromatic rings. The molecule has 0 radical (unpaired) electrons. The smallest absolute Gasteiger partial charge is 0.191 e. The van der Waals surface area contributed by atoms with Gasteiger partial charge in [0.1, 0.15) is 12.2 Å². The fraction of sp³-hybridized carbons (Fsp3) is 0.294. The van der Waals surface area contributed by atoms with Gasteiger partial charge < -0.3 is 10.6 Å². The summed E-state index contributed by atoms with van der Waals surface area (Å²) in [6, 6.07) is 10.3. The van der Waals surface area contributed by atoms with Gasteiger partial charge in [-0.15, -0.1) is 24.0 Å². The number of aryl methyl sites for hydroxylation is 1. The van der Waals surface area contributed by atoms with Crippen LogP contribution < -0.4 is 10.6 Å². The van der Waals surface area contributed by atoms with E-state index in [0.29, 0.717) is 6.54 Å². The standard InChI is InChI=1S/C17H21N7.HI/c1-18-17(21-11-15-22-12-23-24(15)2)20-10-8-14-6-3-5-13-7-4-9-19-16(13)14;/h3-7,9,12H,8,10-11H2,1-2H3,(H2,18,20,21);1H. The number of hydrogen-bond donors (Lipinski definition) is 2. The maximum absolute atomic E-state index is 4.49. The predicted molar refractivity (Wildman–Crippen MR) is 110 cm³/mol. The average molecular weight is 451 g/mol. The van der Waals surface area contributed by atoms with Gasteiger partial charge in [-0.2, -0.15) is 5.10 Å². The third-order valence-corrected chi connectivity index (χ3v) is 3.85. The fourth-order valence-electron chi connectivity index (χ4n) is 2.55. The second kappa shape index (κ2) is 9.30. The SMILES string of the molecule is CN=C(NCCc1cccc2cccnc12)NCc1ncnn1C.I. The molecule has 2 heterocycles. The molecule has 2 N–H and O–H groups in total. The maximum Gasteiger partial charge on any atom is 0.191 e. The van der Waals surface area contributed by atoms with E-state index in [4.69, 9.17) is 0 Å². The molecule has 0 aliphatic rings. The van der Waals surface area contributed by atoms with E-state index in [9.17, 15) is 0 Å². The van der Waals surface area contributed by atoms with Crippen molar-refractivity contribution in [3.63, 3.8) is 0 Å². The molecule has 0 aliphatic carbocycles. The highest BCUT2D eigenvalue weighted by Gasteiger charge is 2.04. The molecule has 0 unspecified atom stereocenters. The first-order chi connectivity index (χ1) is 11.8. The number of pyridine rings is 1. The second-order valence-electron chi connectivity index (χ2n) is 5.39. The second-order valence-corrected chi connectivity index (χ2v) is 5.39. The molecule has 0 saturated carbocycles. The Kier molecular flexibility index (Phi) is 7.11. The zero-order valence-corrected chi connectivity index (χ0v) is 16.6. The zero-order chi connectivity index (χ0) is 16.8.